The zero-order valence-electron chi connectivity index (χ0n) is 16.2. The number of rotatable bonds is 6. The van der Waals surface area contributed by atoms with Gasteiger partial charge in [-0.05, 0) is 42.7 Å². The molecule has 29 heavy (non-hydrogen) atoms. The summed E-state index contributed by atoms with van der Waals surface area (Å²) < 4.78 is 24.1. The van der Waals surface area contributed by atoms with Crippen LogP contribution in [0.2, 0.25) is 0 Å². The molecular formula is C23H23BrO5. The fourth-order valence-corrected chi connectivity index (χ4v) is 4.04. The summed E-state index contributed by atoms with van der Waals surface area (Å²) in [6, 6.07) is 15.3. The molecule has 5 nitrogen and oxygen atoms in total. The summed E-state index contributed by atoms with van der Waals surface area (Å²) in [4.78, 5) is 12.9. The third-order valence-corrected chi connectivity index (χ3v) is 5.89. The number of carbonyl (C=O) groups is 1. The van der Waals surface area contributed by atoms with Gasteiger partial charge >= 0.3 is 0 Å². The van der Waals surface area contributed by atoms with Gasteiger partial charge in [-0.25, -0.2) is 0 Å². The van der Waals surface area contributed by atoms with Crippen molar-refractivity contribution in [1.29, 1.82) is 0 Å². The number of allylic oxidation sites excluding steroid dienone is 1. The first-order valence-electron chi connectivity index (χ1n) is 9.71. The summed E-state index contributed by atoms with van der Waals surface area (Å²) in [6.45, 7) is 0.557. The summed E-state index contributed by atoms with van der Waals surface area (Å²) in [5.74, 6) is 1.09. The lowest BCUT2D eigenvalue weighted by Crippen LogP contribution is -2.42. The number of ketones is 1. The number of para-hydroxylation sites is 2. The lowest BCUT2D eigenvalue weighted by molar-refractivity contribution is -0.134. The Bertz CT molecular complexity index is 892. The van der Waals surface area contributed by atoms with Gasteiger partial charge in [0.05, 0.1) is 25.7 Å². The van der Waals surface area contributed by atoms with E-state index in [1.165, 1.54) is 6.26 Å². The smallest absolute Gasteiger partial charge is 0.208 e. The number of Topliss-reactive ketones (excluding diaryl/α,β-unsaturated/α-hetero) is 1. The Labute approximate surface area is 178 Å². The Hall–Kier alpha value is -2.31. The Morgan fingerprint density at radius 1 is 1.07 bits per heavy atom. The molecule has 1 fully saturated rings. The average Bonchev–Trinajstić information content (AvgIpc) is 2.75. The molecule has 2 aliphatic rings. The highest BCUT2D eigenvalue weighted by Gasteiger charge is 2.41. The minimum absolute atomic E-state index is 0.0153. The first kappa shape index (κ1) is 20.0. The van der Waals surface area contributed by atoms with Gasteiger partial charge < -0.3 is 18.9 Å². The maximum absolute atomic E-state index is 12.9. The first-order chi connectivity index (χ1) is 14.1. The van der Waals surface area contributed by atoms with E-state index in [0.717, 1.165) is 22.9 Å². The van der Waals surface area contributed by atoms with Crippen LogP contribution in [0.5, 0.6) is 11.5 Å². The van der Waals surface area contributed by atoms with Crippen molar-refractivity contribution in [2.75, 3.05) is 7.11 Å². The molecule has 0 aromatic heterocycles. The van der Waals surface area contributed by atoms with Gasteiger partial charge in [0.15, 0.2) is 11.5 Å². The number of halogens is 1. The molecule has 152 valence electrons. The number of hydrogen-bond acceptors (Lipinski definition) is 5. The van der Waals surface area contributed by atoms with Crippen LogP contribution in [0.1, 0.15) is 24.8 Å². The van der Waals surface area contributed by atoms with Crippen LogP contribution in [0.3, 0.4) is 0 Å². The molecule has 0 bridgehead atoms. The maximum Gasteiger partial charge on any atom is 0.208 e. The molecule has 1 aliphatic carbocycles. The normalized spacial score (nSPS) is 23.6. The largest absolute Gasteiger partial charge is 0.493 e. The van der Waals surface area contributed by atoms with Crippen LogP contribution in [-0.4, -0.2) is 25.1 Å². The van der Waals surface area contributed by atoms with Gasteiger partial charge in [0.25, 0.3) is 0 Å². The molecule has 1 aliphatic heterocycles. The molecule has 1 heterocycles. The minimum Gasteiger partial charge on any atom is -0.493 e. The van der Waals surface area contributed by atoms with Crippen molar-refractivity contribution in [1.82, 2.24) is 0 Å². The van der Waals surface area contributed by atoms with E-state index >= 15 is 0 Å². The number of hydrogen-bond donors (Lipinski definition) is 0. The fraction of sp³-hybridized carbons (Fsp3) is 0.348. The van der Waals surface area contributed by atoms with Crippen molar-refractivity contribution < 1.29 is 23.7 Å². The molecule has 3 atom stereocenters. The van der Waals surface area contributed by atoms with Crippen LogP contribution >= 0.6 is 15.9 Å². The van der Waals surface area contributed by atoms with Crippen molar-refractivity contribution >= 4 is 21.7 Å². The SMILES string of the molecule is COc1ccccc1OC1=COC2CC(OCc3ccc(Br)cc3)CCC2C1=O. The van der Waals surface area contributed by atoms with Crippen LogP contribution in [0.15, 0.2) is 65.0 Å². The lowest BCUT2D eigenvalue weighted by atomic mass is 9.80. The zero-order valence-corrected chi connectivity index (χ0v) is 17.8. The second-order valence-electron chi connectivity index (χ2n) is 7.25. The highest BCUT2D eigenvalue weighted by Crippen LogP contribution is 2.36. The van der Waals surface area contributed by atoms with E-state index in [1.54, 1.807) is 19.2 Å². The molecule has 1 saturated carbocycles. The number of methoxy groups -OCH3 is 1. The predicted molar refractivity (Wildman–Crippen MR) is 112 cm³/mol. The van der Waals surface area contributed by atoms with Crippen LogP contribution in [0.25, 0.3) is 0 Å². The third-order valence-electron chi connectivity index (χ3n) is 5.36. The molecule has 3 unspecified atom stereocenters. The Morgan fingerprint density at radius 3 is 2.59 bits per heavy atom. The number of fused-ring (bicyclic) bond motifs is 1. The van der Waals surface area contributed by atoms with Crippen LogP contribution in [-0.2, 0) is 20.9 Å². The standard InChI is InChI=1S/C23H23BrO5/c1-26-19-4-2-3-5-20(19)29-22-14-28-21-12-17(10-11-18(21)23(22)25)27-13-15-6-8-16(24)9-7-15/h2-9,14,17-18,21H,10-13H2,1H3. The predicted octanol–water partition coefficient (Wildman–Crippen LogP) is 5.03. The zero-order chi connectivity index (χ0) is 20.2. The van der Waals surface area contributed by atoms with Gasteiger partial charge in [-0.2, -0.15) is 0 Å². The Morgan fingerprint density at radius 2 is 1.83 bits per heavy atom. The summed E-state index contributed by atoms with van der Waals surface area (Å²) in [6.07, 6.45) is 3.60. The second-order valence-corrected chi connectivity index (χ2v) is 8.17. The summed E-state index contributed by atoms with van der Waals surface area (Å²) in [5.41, 5.74) is 1.13. The van der Waals surface area contributed by atoms with Crippen LogP contribution in [0, 0.1) is 5.92 Å². The summed E-state index contributed by atoms with van der Waals surface area (Å²) >= 11 is 3.44. The topological polar surface area (TPSA) is 54.0 Å². The quantitative estimate of drug-likeness (QED) is 0.607. The highest BCUT2D eigenvalue weighted by molar-refractivity contribution is 9.10. The lowest BCUT2D eigenvalue weighted by Gasteiger charge is -2.37. The highest BCUT2D eigenvalue weighted by atomic mass is 79.9. The van der Waals surface area contributed by atoms with Crippen molar-refractivity contribution in [2.24, 2.45) is 5.92 Å². The van der Waals surface area contributed by atoms with Crippen molar-refractivity contribution in [3.63, 3.8) is 0 Å². The van der Waals surface area contributed by atoms with Crippen molar-refractivity contribution in [3.8, 4) is 11.5 Å². The van der Waals surface area contributed by atoms with Gasteiger partial charge in [0, 0.05) is 10.9 Å². The fourth-order valence-electron chi connectivity index (χ4n) is 3.77. The molecule has 0 N–H and O–H groups in total. The molecular weight excluding hydrogens is 436 g/mol. The van der Waals surface area contributed by atoms with Gasteiger partial charge in [-0.15, -0.1) is 0 Å². The van der Waals surface area contributed by atoms with Gasteiger partial charge in [0.2, 0.25) is 11.5 Å². The third kappa shape index (κ3) is 4.65. The summed E-state index contributed by atoms with van der Waals surface area (Å²) in [7, 11) is 1.57. The van der Waals surface area contributed by atoms with E-state index in [9.17, 15) is 4.79 Å². The van der Waals surface area contributed by atoms with Gasteiger partial charge in [-0.3, -0.25) is 4.79 Å². The van der Waals surface area contributed by atoms with Gasteiger partial charge in [-0.1, -0.05) is 40.2 Å². The van der Waals surface area contributed by atoms with Gasteiger partial charge in [0.1, 0.15) is 12.4 Å². The number of carbonyl (C=O) groups excluding carboxylic acids is 1. The molecule has 6 heteroatoms. The average molecular weight is 459 g/mol. The summed E-state index contributed by atoms with van der Waals surface area (Å²) in [5, 5.41) is 0. The molecule has 2 aromatic rings. The maximum atomic E-state index is 12.9. The first-order valence-corrected chi connectivity index (χ1v) is 10.5. The number of ether oxygens (including phenoxy) is 4. The van der Waals surface area contributed by atoms with Crippen LogP contribution < -0.4 is 9.47 Å². The van der Waals surface area contributed by atoms with E-state index in [-0.39, 0.29) is 29.7 Å². The van der Waals surface area contributed by atoms with E-state index in [2.05, 4.69) is 15.9 Å². The van der Waals surface area contributed by atoms with Crippen molar-refractivity contribution in [2.45, 2.75) is 38.1 Å². The molecule has 0 radical (unpaired) electrons. The van der Waals surface area contributed by atoms with Crippen LogP contribution in [0.4, 0.5) is 0 Å². The van der Waals surface area contributed by atoms with E-state index < -0.39 is 0 Å². The Kier molecular flexibility index (Phi) is 6.21. The van der Waals surface area contributed by atoms with E-state index in [1.807, 2.05) is 36.4 Å². The molecule has 0 amide bonds. The monoisotopic (exact) mass is 458 g/mol. The molecule has 4 rings (SSSR count). The van der Waals surface area contributed by atoms with E-state index in [4.69, 9.17) is 18.9 Å². The molecule has 0 saturated heterocycles. The molecule has 2 aromatic carbocycles. The second kappa shape index (κ2) is 9.01. The molecule has 0 spiro atoms. The van der Waals surface area contributed by atoms with E-state index in [0.29, 0.717) is 24.5 Å². The Balaban J connectivity index is 1.36. The minimum atomic E-state index is -0.197. The van der Waals surface area contributed by atoms with Crippen molar-refractivity contribution in [3.05, 3.63) is 70.6 Å². The number of benzene rings is 2.